The summed E-state index contributed by atoms with van der Waals surface area (Å²) in [5, 5.41) is 2.74. The van der Waals surface area contributed by atoms with Crippen molar-refractivity contribution in [3.8, 4) is 11.5 Å². The number of ether oxygens (including phenoxy) is 2. The first kappa shape index (κ1) is 14.8. The quantitative estimate of drug-likeness (QED) is 0.832. The Morgan fingerprint density at radius 1 is 1.14 bits per heavy atom. The summed E-state index contributed by atoms with van der Waals surface area (Å²) in [5.74, 6) is 0.683. The number of hydrogen-bond acceptors (Lipinski definition) is 3. The number of nitrogens with one attached hydrogen (secondary N) is 1. The lowest BCUT2D eigenvalue weighted by atomic mass is 10.2. The average Bonchev–Trinajstić information content (AvgIpc) is 2.53. The van der Waals surface area contributed by atoms with Gasteiger partial charge in [0.15, 0.2) is 0 Å². The Morgan fingerprint density at radius 3 is 2.62 bits per heavy atom. The van der Waals surface area contributed by atoms with E-state index in [9.17, 15) is 9.18 Å². The van der Waals surface area contributed by atoms with Crippen molar-refractivity contribution in [3.05, 3.63) is 59.9 Å². The van der Waals surface area contributed by atoms with E-state index in [1.807, 2.05) is 0 Å². The van der Waals surface area contributed by atoms with Crippen molar-refractivity contribution < 1.29 is 18.7 Å². The summed E-state index contributed by atoms with van der Waals surface area (Å²) in [5.41, 5.74) is 0.524. The number of amides is 1. The lowest BCUT2D eigenvalue weighted by Gasteiger charge is -2.08. The summed E-state index contributed by atoms with van der Waals surface area (Å²) >= 11 is 0. The van der Waals surface area contributed by atoms with Crippen LogP contribution in [0.15, 0.2) is 48.5 Å². The van der Waals surface area contributed by atoms with Crippen molar-refractivity contribution in [2.24, 2.45) is 0 Å². The molecule has 0 aliphatic carbocycles. The van der Waals surface area contributed by atoms with Gasteiger partial charge in [-0.2, -0.15) is 0 Å². The van der Waals surface area contributed by atoms with Gasteiger partial charge in [0.2, 0.25) is 0 Å². The van der Waals surface area contributed by atoms with Crippen LogP contribution in [0.25, 0.3) is 0 Å². The Morgan fingerprint density at radius 2 is 1.90 bits per heavy atom. The van der Waals surface area contributed by atoms with Crippen molar-refractivity contribution in [3.63, 3.8) is 0 Å². The van der Waals surface area contributed by atoms with E-state index in [2.05, 4.69) is 5.32 Å². The average molecular weight is 289 g/mol. The fourth-order valence-corrected chi connectivity index (χ4v) is 1.73. The van der Waals surface area contributed by atoms with E-state index in [4.69, 9.17) is 9.47 Å². The Balaban J connectivity index is 1.77. The molecule has 0 spiro atoms. The topological polar surface area (TPSA) is 47.6 Å². The van der Waals surface area contributed by atoms with Gasteiger partial charge in [-0.3, -0.25) is 4.79 Å². The zero-order chi connectivity index (χ0) is 15.1. The van der Waals surface area contributed by atoms with E-state index >= 15 is 0 Å². The third kappa shape index (κ3) is 4.49. The minimum Gasteiger partial charge on any atom is -0.497 e. The number of halogens is 1. The Kier molecular flexibility index (Phi) is 5.15. The minimum absolute atomic E-state index is 0.198. The Hall–Kier alpha value is -2.56. The van der Waals surface area contributed by atoms with Gasteiger partial charge in [-0.05, 0) is 42.5 Å². The molecule has 0 atom stereocenters. The first-order valence-corrected chi connectivity index (χ1v) is 6.49. The predicted molar refractivity (Wildman–Crippen MR) is 77.2 cm³/mol. The molecule has 0 bridgehead atoms. The maximum Gasteiger partial charge on any atom is 0.251 e. The summed E-state index contributed by atoms with van der Waals surface area (Å²) in [6.45, 7) is 0.661. The highest BCUT2D eigenvalue weighted by atomic mass is 19.1. The smallest absolute Gasteiger partial charge is 0.251 e. The van der Waals surface area contributed by atoms with Crippen LogP contribution in [0.4, 0.5) is 4.39 Å². The van der Waals surface area contributed by atoms with Crippen molar-refractivity contribution >= 4 is 5.91 Å². The fourth-order valence-electron chi connectivity index (χ4n) is 1.73. The van der Waals surface area contributed by atoms with E-state index < -0.39 is 0 Å². The molecule has 2 aromatic carbocycles. The van der Waals surface area contributed by atoms with E-state index in [1.165, 1.54) is 12.1 Å². The second kappa shape index (κ2) is 7.28. The summed E-state index contributed by atoms with van der Waals surface area (Å²) in [6.07, 6.45) is 0. The van der Waals surface area contributed by atoms with Gasteiger partial charge in [0, 0.05) is 5.56 Å². The van der Waals surface area contributed by atoms with Gasteiger partial charge in [-0.15, -0.1) is 0 Å². The van der Waals surface area contributed by atoms with Crippen molar-refractivity contribution in [1.82, 2.24) is 5.32 Å². The van der Waals surface area contributed by atoms with E-state index in [0.29, 0.717) is 30.2 Å². The van der Waals surface area contributed by atoms with Crippen molar-refractivity contribution in [2.75, 3.05) is 20.3 Å². The fraction of sp³-hybridized carbons (Fsp3) is 0.188. The highest BCUT2D eigenvalue weighted by molar-refractivity contribution is 5.94. The lowest BCUT2D eigenvalue weighted by molar-refractivity contribution is 0.0946. The third-order valence-electron chi connectivity index (χ3n) is 2.80. The maximum absolute atomic E-state index is 12.7. The molecular weight excluding hydrogens is 273 g/mol. The largest absolute Gasteiger partial charge is 0.497 e. The van der Waals surface area contributed by atoms with Crippen LogP contribution in [0.1, 0.15) is 10.4 Å². The molecule has 2 rings (SSSR count). The third-order valence-corrected chi connectivity index (χ3v) is 2.80. The predicted octanol–water partition coefficient (Wildman–Crippen LogP) is 2.64. The van der Waals surface area contributed by atoms with Crippen LogP contribution >= 0.6 is 0 Å². The molecule has 0 aromatic heterocycles. The van der Waals surface area contributed by atoms with Crippen LogP contribution in [0.5, 0.6) is 11.5 Å². The number of rotatable bonds is 6. The van der Waals surface area contributed by atoms with Crippen LogP contribution < -0.4 is 14.8 Å². The molecule has 0 aliphatic heterocycles. The second-order valence-corrected chi connectivity index (χ2v) is 4.29. The van der Waals surface area contributed by atoms with Gasteiger partial charge < -0.3 is 14.8 Å². The summed E-state index contributed by atoms with van der Waals surface area (Å²) in [4.78, 5) is 11.9. The number of carbonyl (C=O) groups excluding carboxylic acids is 1. The molecule has 0 saturated carbocycles. The molecule has 0 aliphatic rings. The molecule has 0 fully saturated rings. The van der Waals surface area contributed by atoms with Crippen LogP contribution in [-0.2, 0) is 0 Å². The molecular formula is C16H16FNO3. The minimum atomic E-state index is -0.311. The molecule has 4 nitrogen and oxygen atoms in total. The molecule has 0 radical (unpaired) electrons. The normalized spacial score (nSPS) is 10.0. The Labute approximate surface area is 122 Å². The van der Waals surface area contributed by atoms with Crippen molar-refractivity contribution in [2.45, 2.75) is 0 Å². The second-order valence-electron chi connectivity index (χ2n) is 4.29. The highest BCUT2D eigenvalue weighted by Gasteiger charge is 2.05. The molecule has 0 heterocycles. The monoisotopic (exact) mass is 289 g/mol. The van der Waals surface area contributed by atoms with Crippen LogP contribution in [0.2, 0.25) is 0 Å². The van der Waals surface area contributed by atoms with Gasteiger partial charge in [0.25, 0.3) is 5.91 Å². The number of carbonyl (C=O) groups is 1. The van der Waals surface area contributed by atoms with Crippen molar-refractivity contribution in [1.29, 1.82) is 0 Å². The van der Waals surface area contributed by atoms with E-state index in [-0.39, 0.29) is 11.7 Å². The van der Waals surface area contributed by atoms with Gasteiger partial charge in [-0.1, -0.05) is 6.07 Å². The SMILES string of the molecule is COc1cccc(C(=O)NCCOc2ccc(F)cc2)c1. The zero-order valence-corrected chi connectivity index (χ0v) is 11.6. The van der Waals surface area contributed by atoms with E-state index in [0.717, 1.165) is 0 Å². The Bertz CT molecular complexity index is 599. The van der Waals surface area contributed by atoms with Gasteiger partial charge in [0.05, 0.1) is 13.7 Å². The molecule has 5 heteroatoms. The number of methoxy groups -OCH3 is 1. The van der Waals surface area contributed by atoms with Gasteiger partial charge >= 0.3 is 0 Å². The lowest BCUT2D eigenvalue weighted by Crippen LogP contribution is -2.28. The summed E-state index contributed by atoms with van der Waals surface area (Å²) in [7, 11) is 1.55. The summed E-state index contributed by atoms with van der Waals surface area (Å²) < 4.78 is 23.2. The number of benzene rings is 2. The molecule has 0 unspecified atom stereocenters. The molecule has 2 aromatic rings. The molecule has 21 heavy (non-hydrogen) atoms. The van der Waals surface area contributed by atoms with Gasteiger partial charge in [0.1, 0.15) is 23.9 Å². The van der Waals surface area contributed by atoms with Crippen LogP contribution in [0, 0.1) is 5.82 Å². The van der Waals surface area contributed by atoms with E-state index in [1.54, 1.807) is 43.5 Å². The zero-order valence-electron chi connectivity index (χ0n) is 11.6. The number of hydrogen-bond donors (Lipinski definition) is 1. The molecule has 1 amide bonds. The highest BCUT2D eigenvalue weighted by Crippen LogP contribution is 2.12. The first-order valence-electron chi connectivity index (χ1n) is 6.49. The molecule has 0 saturated heterocycles. The maximum atomic E-state index is 12.7. The molecule has 1 N–H and O–H groups in total. The van der Waals surface area contributed by atoms with Crippen LogP contribution in [-0.4, -0.2) is 26.2 Å². The first-order chi connectivity index (χ1) is 10.2. The van der Waals surface area contributed by atoms with Gasteiger partial charge in [-0.25, -0.2) is 4.39 Å². The summed E-state index contributed by atoms with van der Waals surface area (Å²) in [6, 6.07) is 12.6. The standard InChI is InChI=1S/C16H16FNO3/c1-20-15-4-2-3-12(11-15)16(19)18-9-10-21-14-7-5-13(17)6-8-14/h2-8,11H,9-10H2,1H3,(H,18,19). The van der Waals surface area contributed by atoms with Crippen LogP contribution in [0.3, 0.4) is 0 Å². The molecule has 110 valence electrons.